The molecule has 2 rings (SSSR count). The minimum Gasteiger partial charge on any atom is -0.353 e. The number of hydrogen-bond donors (Lipinski definition) is 2. The van der Waals surface area contributed by atoms with Gasteiger partial charge in [-0.3, -0.25) is 9.69 Å². The van der Waals surface area contributed by atoms with E-state index in [1.165, 1.54) is 12.8 Å². The van der Waals surface area contributed by atoms with Crippen LogP contribution in [0.15, 0.2) is 0 Å². The summed E-state index contributed by atoms with van der Waals surface area (Å²) in [7, 11) is 0. The van der Waals surface area contributed by atoms with E-state index in [1.54, 1.807) is 0 Å². The Morgan fingerprint density at radius 1 is 1.46 bits per heavy atom. The van der Waals surface area contributed by atoms with Gasteiger partial charge in [-0.25, -0.2) is 0 Å². The van der Waals surface area contributed by atoms with Gasteiger partial charge in [0, 0.05) is 13.1 Å². The van der Waals surface area contributed by atoms with Crippen LogP contribution in [0.1, 0.15) is 19.8 Å². The quantitative estimate of drug-likeness (QED) is 0.577. The summed E-state index contributed by atoms with van der Waals surface area (Å²) in [5.41, 5.74) is 0. The molecule has 0 aliphatic carbocycles. The van der Waals surface area contributed by atoms with Crippen molar-refractivity contribution >= 4 is 5.91 Å². The molecule has 13 heavy (non-hydrogen) atoms. The Morgan fingerprint density at radius 2 is 2.31 bits per heavy atom. The highest BCUT2D eigenvalue weighted by molar-refractivity contribution is 5.82. The van der Waals surface area contributed by atoms with Gasteiger partial charge in [0.05, 0.1) is 12.2 Å². The molecule has 2 fully saturated rings. The number of carbonyl (C=O) groups excluding carboxylic acids is 1. The molecule has 1 amide bonds. The molecule has 0 aromatic heterocycles. The third-order valence-electron chi connectivity index (χ3n) is 2.98. The van der Waals surface area contributed by atoms with Gasteiger partial charge in [-0.2, -0.15) is 0 Å². The minimum absolute atomic E-state index is 0.0318. The van der Waals surface area contributed by atoms with Gasteiger partial charge >= 0.3 is 0 Å². The maximum atomic E-state index is 11.4. The molecule has 0 radical (unpaired) electrons. The van der Waals surface area contributed by atoms with Gasteiger partial charge in [-0.1, -0.05) is 0 Å². The molecule has 4 heteroatoms. The molecule has 4 nitrogen and oxygen atoms in total. The summed E-state index contributed by atoms with van der Waals surface area (Å²) in [6.45, 7) is 4.84. The molecular formula is C9H17N3O. The molecule has 0 spiro atoms. The molecule has 2 N–H and O–H groups in total. The number of nitrogens with one attached hydrogen (secondary N) is 2. The first-order valence-electron chi connectivity index (χ1n) is 5.06. The van der Waals surface area contributed by atoms with Crippen LogP contribution in [0.25, 0.3) is 0 Å². The molecular weight excluding hydrogens is 166 g/mol. The van der Waals surface area contributed by atoms with Crippen molar-refractivity contribution in [3.05, 3.63) is 0 Å². The van der Waals surface area contributed by atoms with E-state index in [0.29, 0.717) is 6.17 Å². The van der Waals surface area contributed by atoms with Crippen molar-refractivity contribution < 1.29 is 4.79 Å². The van der Waals surface area contributed by atoms with E-state index < -0.39 is 0 Å². The molecule has 2 saturated heterocycles. The third kappa shape index (κ3) is 1.69. The molecule has 0 aromatic rings. The first-order chi connectivity index (χ1) is 6.29. The van der Waals surface area contributed by atoms with Crippen molar-refractivity contribution in [2.45, 2.75) is 32.0 Å². The Balaban J connectivity index is 1.99. The first-order valence-corrected chi connectivity index (χ1v) is 5.06. The van der Waals surface area contributed by atoms with Gasteiger partial charge in [0.2, 0.25) is 5.91 Å². The number of nitrogens with zero attached hydrogens (tertiary/aromatic N) is 1. The molecule has 2 heterocycles. The van der Waals surface area contributed by atoms with E-state index in [0.717, 1.165) is 19.6 Å². The lowest BCUT2D eigenvalue weighted by molar-refractivity contribution is -0.129. The van der Waals surface area contributed by atoms with Gasteiger partial charge in [0.15, 0.2) is 0 Å². The lowest BCUT2D eigenvalue weighted by Gasteiger charge is -2.37. The van der Waals surface area contributed by atoms with Crippen LogP contribution in [0.4, 0.5) is 0 Å². The summed E-state index contributed by atoms with van der Waals surface area (Å²) in [5, 5.41) is 6.30. The smallest absolute Gasteiger partial charge is 0.237 e. The monoisotopic (exact) mass is 183 g/mol. The summed E-state index contributed by atoms with van der Waals surface area (Å²) in [6.07, 6.45) is 2.84. The summed E-state index contributed by atoms with van der Waals surface area (Å²) >= 11 is 0. The molecule has 74 valence electrons. The molecule has 0 saturated carbocycles. The van der Waals surface area contributed by atoms with E-state index >= 15 is 0 Å². The Kier molecular flexibility index (Phi) is 2.51. The maximum absolute atomic E-state index is 11.4. The van der Waals surface area contributed by atoms with Crippen molar-refractivity contribution in [2.24, 2.45) is 0 Å². The molecule has 2 unspecified atom stereocenters. The predicted octanol–water partition coefficient (Wildman–Crippen LogP) is -0.484. The van der Waals surface area contributed by atoms with Crippen LogP contribution >= 0.6 is 0 Å². The molecule has 0 bridgehead atoms. The lowest BCUT2D eigenvalue weighted by atomic mass is 10.1. The SMILES string of the molecule is CC1C(=O)NCCN1C1CCCN1. The Bertz CT molecular complexity index is 201. The van der Waals surface area contributed by atoms with Crippen LogP contribution in [0.3, 0.4) is 0 Å². The molecule has 2 atom stereocenters. The molecule has 2 aliphatic rings. The number of amides is 1. The van der Waals surface area contributed by atoms with Gasteiger partial charge in [0.1, 0.15) is 0 Å². The number of carbonyl (C=O) groups is 1. The zero-order chi connectivity index (χ0) is 9.26. The fourth-order valence-corrected chi connectivity index (χ4v) is 2.18. The highest BCUT2D eigenvalue weighted by Crippen LogP contribution is 2.15. The largest absolute Gasteiger partial charge is 0.353 e. The van der Waals surface area contributed by atoms with Crippen LogP contribution in [0.2, 0.25) is 0 Å². The second-order valence-electron chi connectivity index (χ2n) is 3.82. The van der Waals surface area contributed by atoms with Crippen LogP contribution < -0.4 is 10.6 Å². The summed E-state index contributed by atoms with van der Waals surface area (Å²) in [6, 6.07) is 0.0318. The van der Waals surface area contributed by atoms with Gasteiger partial charge in [-0.05, 0) is 26.3 Å². The topological polar surface area (TPSA) is 44.4 Å². The standard InChI is InChI=1S/C9H17N3O/c1-7-9(13)11-5-6-12(7)8-3-2-4-10-8/h7-8,10H,2-6H2,1H3,(H,11,13). The first kappa shape index (κ1) is 8.97. The number of piperazine rings is 1. The van der Waals surface area contributed by atoms with Crippen molar-refractivity contribution in [3.8, 4) is 0 Å². The van der Waals surface area contributed by atoms with Crippen molar-refractivity contribution in [2.75, 3.05) is 19.6 Å². The Labute approximate surface area is 78.7 Å². The van der Waals surface area contributed by atoms with Crippen molar-refractivity contribution in [3.63, 3.8) is 0 Å². The van der Waals surface area contributed by atoms with E-state index in [9.17, 15) is 4.79 Å². The van der Waals surface area contributed by atoms with Crippen LogP contribution in [-0.4, -0.2) is 42.6 Å². The fraction of sp³-hybridized carbons (Fsp3) is 0.889. The molecule has 2 aliphatic heterocycles. The normalized spacial score (nSPS) is 36.2. The van der Waals surface area contributed by atoms with E-state index in [4.69, 9.17) is 0 Å². The fourth-order valence-electron chi connectivity index (χ4n) is 2.18. The minimum atomic E-state index is 0.0318. The van der Waals surface area contributed by atoms with E-state index in [2.05, 4.69) is 15.5 Å². The molecule has 0 aromatic carbocycles. The van der Waals surface area contributed by atoms with Gasteiger partial charge in [0.25, 0.3) is 0 Å². The van der Waals surface area contributed by atoms with E-state index in [1.807, 2.05) is 6.92 Å². The highest BCUT2D eigenvalue weighted by Gasteiger charge is 2.32. The number of hydrogen-bond acceptors (Lipinski definition) is 3. The summed E-state index contributed by atoms with van der Waals surface area (Å²) in [4.78, 5) is 13.7. The Hall–Kier alpha value is -0.610. The van der Waals surface area contributed by atoms with Crippen molar-refractivity contribution in [1.82, 2.24) is 15.5 Å². The maximum Gasteiger partial charge on any atom is 0.237 e. The van der Waals surface area contributed by atoms with E-state index in [-0.39, 0.29) is 11.9 Å². The summed E-state index contributed by atoms with van der Waals surface area (Å²) < 4.78 is 0. The predicted molar refractivity (Wildman–Crippen MR) is 50.2 cm³/mol. The van der Waals surface area contributed by atoms with Gasteiger partial charge in [-0.15, -0.1) is 0 Å². The number of rotatable bonds is 1. The van der Waals surface area contributed by atoms with Gasteiger partial charge < -0.3 is 10.6 Å². The zero-order valence-electron chi connectivity index (χ0n) is 8.05. The van der Waals surface area contributed by atoms with Crippen LogP contribution in [0.5, 0.6) is 0 Å². The van der Waals surface area contributed by atoms with Crippen molar-refractivity contribution in [1.29, 1.82) is 0 Å². The third-order valence-corrected chi connectivity index (χ3v) is 2.98. The second kappa shape index (κ2) is 3.64. The van der Waals surface area contributed by atoms with Crippen LogP contribution in [0, 0.1) is 0 Å². The zero-order valence-corrected chi connectivity index (χ0v) is 8.05. The second-order valence-corrected chi connectivity index (χ2v) is 3.82. The highest BCUT2D eigenvalue weighted by atomic mass is 16.2. The lowest BCUT2D eigenvalue weighted by Crippen LogP contribution is -2.59. The average Bonchev–Trinajstić information content (AvgIpc) is 2.62. The Morgan fingerprint density at radius 3 is 3.00 bits per heavy atom. The van der Waals surface area contributed by atoms with Crippen LogP contribution in [-0.2, 0) is 4.79 Å². The average molecular weight is 183 g/mol. The summed E-state index contributed by atoms with van der Waals surface area (Å²) in [5.74, 6) is 0.167.